The van der Waals surface area contributed by atoms with Crippen LogP contribution in [0, 0.1) is 0 Å². The third-order valence-corrected chi connectivity index (χ3v) is 4.41. The summed E-state index contributed by atoms with van der Waals surface area (Å²) < 4.78 is 11.8. The molecule has 1 aromatic heterocycles. The molecule has 0 aliphatic carbocycles. The van der Waals surface area contributed by atoms with E-state index in [1.165, 1.54) is 0 Å². The van der Waals surface area contributed by atoms with E-state index in [2.05, 4.69) is 9.88 Å². The lowest BCUT2D eigenvalue weighted by molar-refractivity contribution is -0.148. The number of amides is 1. The lowest BCUT2D eigenvalue weighted by atomic mass is 9.97. The summed E-state index contributed by atoms with van der Waals surface area (Å²) in [5.41, 5.74) is 5.81. The number of carbonyl (C=O) groups is 1. The Morgan fingerprint density at radius 1 is 1.40 bits per heavy atom. The Hall–Kier alpha value is -2.02. The van der Waals surface area contributed by atoms with Gasteiger partial charge in [-0.15, -0.1) is 0 Å². The molecule has 1 aromatic carbocycles. The van der Waals surface area contributed by atoms with Crippen LogP contribution in [0.3, 0.4) is 0 Å². The van der Waals surface area contributed by atoms with Crippen LogP contribution in [0.25, 0.3) is 0 Å². The maximum absolute atomic E-state index is 11.6. The zero-order chi connectivity index (χ0) is 17.7. The van der Waals surface area contributed by atoms with Crippen molar-refractivity contribution in [3.8, 4) is 5.75 Å². The molecule has 0 spiro atoms. The fourth-order valence-electron chi connectivity index (χ4n) is 3.10. The average molecular weight is 364 g/mol. The predicted octanol–water partition coefficient (Wildman–Crippen LogP) is 2.19. The fraction of sp³-hybridized carbons (Fsp3) is 0.389. The molecule has 7 heteroatoms. The van der Waals surface area contributed by atoms with Gasteiger partial charge in [0.25, 0.3) is 0 Å². The number of nitrogens with two attached hydrogens (primary N) is 1. The summed E-state index contributed by atoms with van der Waals surface area (Å²) in [5.74, 6) is 0.234. The maximum atomic E-state index is 11.6. The highest BCUT2D eigenvalue weighted by molar-refractivity contribution is 6.30. The van der Waals surface area contributed by atoms with E-state index in [1.54, 1.807) is 12.1 Å². The number of nitrogens with zero attached hydrogens (tertiary/aromatic N) is 1. The quantitative estimate of drug-likeness (QED) is 0.790. The van der Waals surface area contributed by atoms with Gasteiger partial charge in [0.1, 0.15) is 18.0 Å². The first-order valence-corrected chi connectivity index (χ1v) is 8.58. The monoisotopic (exact) mass is 363 g/mol. The number of nitrogens with one attached hydrogen (secondary N) is 1. The van der Waals surface area contributed by atoms with Gasteiger partial charge >= 0.3 is 0 Å². The normalized spacial score (nSPS) is 21.2. The van der Waals surface area contributed by atoms with Crippen molar-refractivity contribution in [2.24, 2.45) is 5.73 Å². The van der Waals surface area contributed by atoms with Gasteiger partial charge in [0, 0.05) is 36.5 Å². The molecule has 0 bridgehead atoms. The molecule has 3 rings (SSSR count). The molecule has 1 saturated heterocycles. The van der Waals surface area contributed by atoms with Gasteiger partial charge in [-0.1, -0.05) is 17.7 Å². The number of rotatable bonds is 7. The topological polar surface area (TPSA) is 80.6 Å². The molecule has 2 aromatic rings. The van der Waals surface area contributed by atoms with Crippen LogP contribution in [0.15, 0.2) is 42.6 Å². The summed E-state index contributed by atoms with van der Waals surface area (Å²) in [6.45, 7) is 2.87. The van der Waals surface area contributed by atoms with Crippen LogP contribution in [0.2, 0.25) is 5.02 Å². The summed E-state index contributed by atoms with van der Waals surface area (Å²) in [6, 6.07) is 11.2. The van der Waals surface area contributed by atoms with E-state index in [1.807, 2.05) is 30.5 Å². The van der Waals surface area contributed by atoms with E-state index in [0.717, 1.165) is 18.8 Å². The summed E-state index contributed by atoms with van der Waals surface area (Å²) in [6.07, 6.45) is 2.00. The molecule has 25 heavy (non-hydrogen) atoms. The number of aromatic nitrogens is 1. The summed E-state index contributed by atoms with van der Waals surface area (Å²) in [4.78, 5) is 17.0. The number of halogens is 1. The highest BCUT2D eigenvalue weighted by atomic mass is 35.5. The summed E-state index contributed by atoms with van der Waals surface area (Å²) >= 11 is 5.99. The molecule has 0 radical (unpaired) electrons. The minimum atomic E-state index is -0.765. The maximum Gasteiger partial charge on any atom is 0.220 e. The molecule has 1 aliphatic rings. The van der Waals surface area contributed by atoms with Gasteiger partial charge < -0.3 is 20.2 Å². The second-order valence-corrected chi connectivity index (χ2v) is 6.76. The van der Waals surface area contributed by atoms with Crippen molar-refractivity contribution in [1.29, 1.82) is 0 Å². The molecular weight excluding hydrogens is 342 g/mol. The minimum absolute atomic E-state index is 0.106. The van der Waals surface area contributed by atoms with E-state index in [-0.39, 0.29) is 13.0 Å². The molecule has 1 aliphatic heterocycles. The third-order valence-electron chi connectivity index (χ3n) is 4.18. The summed E-state index contributed by atoms with van der Waals surface area (Å²) in [5, 5.41) is 0.597. The Kier molecular flexibility index (Phi) is 5.63. The first-order chi connectivity index (χ1) is 12.0. The molecule has 1 amide bonds. The van der Waals surface area contributed by atoms with Crippen molar-refractivity contribution in [3.63, 3.8) is 0 Å². The minimum Gasteiger partial charge on any atom is -0.490 e. The van der Waals surface area contributed by atoms with Crippen molar-refractivity contribution in [2.45, 2.75) is 18.6 Å². The second-order valence-electron chi connectivity index (χ2n) is 6.33. The van der Waals surface area contributed by atoms with Crippen LogP contribution in [0.5, 0.6) is 5.75 Å². The molecule has 1 fully saturated rings. The lowest BCUT2D eigenvalue weighted by Crippen LogP contribution is -2.56. The van der Waals surface area contributed by atoms with Crippen molar-refractivity contribution >= 4 is 17.5 Å². The van der Waals surface area contributed by atoms with Gasteiger partial charge in [0.15, 0.2) is 0 Å². The van der Waals surface area contributed by atoms with Crippen LogP contribution in [-0.4, -0.2) is 47.7 Å². The lowest BCUT2D eigenvalue weighted by Gasteiger charge is -2.41. The molecule has 0 unspecified atom stereocenters. The van der Waals surface area contributed by atoms with Crippen LogP contribution >= 0.6 is 11.6 Å². The predicted molar refractivity (Wildman–Crippen MR) is 95.5 cm³/mol. The second kappa shape index (κ2) is 7.91. The van der Waals surface area contributed by atoms with Gasteiger partial charge in [-0.3, -0.25) is 9.69 Å². The smallest absolute Gasteiger partial charge is 0.220 e. The number of H-pyrrole nitrogens is 1. The fourth-order valence-corrected chi connectivity index (χ4v) is 3.28. The van der Waals surface area contributed by atoms with Crippen molar-refractivity contribution in [3.05, 3.63) is 53.3 Å². The molecule has 2 heterocycles. The van der Waals surface area contributed by atoms with Crippen LogP contribution in [0.1, 0.15) is 12.1 Å². The number of morpholine rings is 1. The first kappa shape index (κ1) is 17.8. The van der Waals surface area contributed by atoms with E-state index in [9.17, 15) is 4.79 Å². The van der Waals surface area contributed by atoms with Gasteiger partial charge in [-0.25, -0.2) is 0 Å². The van der Waals surface area contributed by atoms with E-state index in [0.29, 0.717) is 23.9 Å². The van der Waals surface area contributed by atoms with E-state index >= 15 is 0 Å². The number of carbonyl (C=O) groups excluding carboxylic acids is 1. The van der Waals surface area contributed by atoms with Gasteiger partial charge in [0.05, 0.1) is 13.0 Å². The summed E-state index contributed by atoms with van der Waals surface area (Å²) in [7, 11) is 0. The molecule has 0 saturated carbocycles. The molecule has 134 valence electrons. The van der Waals surface area contributed by atoms with Gasteiger partial charge in [-0.2, -0.15) is 0 Å². The highest BCUT2D eigenvalue weighted by Crippen LogP contribution is 2.26. The van der Waals surface area contributed by atoms with Gasteiger partial charge in [-0.05, 0) is 30.3 Å². The number of ether oxygens (including phenoxy) is 2. The van der Waals surface area contributed by atoms with E-state index in [4.69, 9.17) is 26.8 Å². The zero-order valence-corrected chi connectivity index (χ0v) is 14.7. The zero-order valence-electron chi connectivity index (χ0n) is 13.9. The SMILES string of the molecule is NC(=O)C[C@@]1(COc2cccc(Cl)c2)CN(Cc2ccc[nH]2)CCO1. The van der Waals surface area contributed by atoms with Crippen molar-refractivity contribution in [2.75, 3.05) is 26.3 Å². The Labute approximate surface area is 151 Å². The number of hydrogen-bond donors (Lipinski definition) is 2. The first-order valence-electron chi connectivity index (χ1n) is 8.20. The Bertz CT molecular complexity index is 707. The number of aromatic amines is 1. The standard InChI is InChI=1S/C18H22ClN3O3/c19-14-3-1-5-16(9-14)24-13-18(10-17(20)23)12-22(7-8-25-18)11-15-4-2-6-21-15/h1-6,9,21H,7-8,10-13H2,(H2,20,23)/t18-/m0/s1. The van der Waals surface area contributed by atoms with Crippen molar-refractivity contribution in [1.82, 2.24) is 9.88 Å². The molecular formula is C18H22ClN3O3. The van der Waals surface area contributed by atoms with Crippen LogP contribution in [-0.2, 0) is 16.1 Å². The van der Waals surface area contributed by atoms with Gasteiger partial charge in [0.2, 0.25) is 5.91 Å². The Balaban J connectivity index is 1.69. The molecule has 1 atom stereocenters. The third kappa shape index (κ3) is 4.98. The van der Waals surface area contributed by atoms with Crippen LogP contribution < -0.4 is 10.5 Å². The largest absolute Gasteiger partial charge is 0.490 e. The Morgan fingerprint density at radius 2 is 2.28 bits per heavy atom. The average Bonchev–Trinajstić information content (AvgIpc) is 3.06. The van der Waals surface area contributed by atoms with Crippen LogP contribution in [0.4, 0.5) is 0 Å². The van der Waals surface area contributed by atoms with E-state index < -0.39 is 11.5 Å². The molecule has 3 N–H and O–H groups in total. The van der Waals surface area contributed by atoms with Crippen molar-refractivity contribution < 1.29 is 14.3 Å². The molecule has 6 nitrogen and oxygen atoms in total. The number of primary amides is 1. The Morgan fingerprint density at radius 3 is 3.00 bits per heavy atom. The highest BCUT2D eigenvalue weighted by Gasteiger charge is 2.39. The number of hydrogen-bond acceptors (Lipinski definition) is 4. The number of benzene rings is 1.